The van der Waals surface area contributed by atoms with Gasteiger partial charge in [-0.3, -0.25) is 23.5 Å². The minimum atomic E-state index is -0.407. The minimum absolute atomic E-state index is 0.137. The Morgan fingerprint density at radius 3 is 2.35 bits per heavy atom. The van der Waals surface area contributed by atoms with E-state index in [1.54, 1.807) is 70.3 Å². The average molecular weight is 630 g/mol. The van der Waals surface area contributed by atoms with Crippen LogP contribution in [0.15, 0.2) is 52.1 Å². The van der Waals surface area contributed by atoms with Gasteiger partial charge in [0, 0.05) is 45.2 Å². The molecule has 12 heteroatoms. The first kappa shape index (κ1) is 32.1. The van der Waals surface area contributed by atoms with Crippen LogP contribution in [0.4, 0.5) is 11.4 Å². The van der Waals surface area contributed by atoms with Gasteiger partial charge in [0.15, 0.2) is 11.5 Å². The van der Waals surface area contributed by atoms with Gasteiger partial charge in [-0.05, 0) is 72.4 Å². The fourth-order valence-electron chi connectivity index (χ4n) is 6.13. The van der Waals surface area contributed by atoms with Crippen molar-refractivity contribution in [2.24, 2.45) is 14.1 Å². The van der Waals surface area contributed by atoms with Crippen LogP contribution in [0.2, 0.25) is 0 Å². The summed E-state index contributed by atoms with van der Waals surface area (Å²) in [6.45, 7) is 1.83. The van der Waals surface area contributed by atoms with Crippen LogP contribution in [0, 0.1) is 0 Å². The fourth-order valence-corrected chi connectivity index (χ4v) is 6.13. The molecule has 46 heavy (non-hydrogen) atoms. The Hall–Kier alpha value is -5.26. The number of aryl methyl sites for hydroxylation is 3. The molecule has 12 nitrogen and oxygen atoms in total. The lowest BCUT2D eigenvalue weighted by atomic mass is 9.95. The fraction of sp³-hybridized carbons (Fsp3) is 0.353. The van der Waals surface area contributed by atoms with Gasteiger partial charge in [0.1, 0.15) is 0 Å². The third kappa shape index (κ3) is 6.15. The van der Waals surface area contributed by atoms with Gasteiger partial charge in [-0.1, -0.05) is 6.07 Å². The topological polar surface area (TPSA) is 142 Å². The van der Waals surface area contributed by atoms with E-state index < -0.39 is 6.04 Å². The van der Waals surface area contributed by atoms with Crippen molar-refractivity contribution < 1.29 is 23.8 Å². The molecule has 3 N–H and O–H groups in total. The number of nitrogens with one attached hydrogen (secondary N) is 3. The number of fused-ring (bicyclic) bond motifs is 4. The maximum atomic E-state index is 13.5. The summed E-state index contributed by atoms with van der Waals surface area (Å²) in [6, 6.07) is 12.0. The summed E-state index contributed by atoms with van der Waals surface area (Å²) >= 11 is 0. The summed E-state index contributed by atoms with van der Waals surface area (Å²) in [5, 5.41) is 9.08. The largest absolute Gasteiger partial charge is 0.493 e. The number of rotatable bonds is 10. The summed E-state index contributed by atoms with van der Waals surface area (Å²) in [4.78, 5) is 50.6. The predicted octanol–water partition coefficient (Wildman–Crippen LogP) is 3.88. The van der Waals surface area contributed by atoms with Crippen LogP contribution in [0.1, 0.15) is 43.4 Å². The Morgan fingerprint density at radius 1 is 0.913 bits per heavy atom. The average Bonchev–Trinajstić information content (AvgIpc) is 3.15. The van der Waals surface area contributed by atoms with Gasteiger partial charge in [-0.25, -0.2) is 4.79 Å². The lowest BCUT2D eigenvalue weighted by Crippen LogP contribution is -2.26. The second-order valence-electron chi connectivity index (χ2n) is 11.3. The molecular weight excluding hydrogens is 590 g/mol. The molecule has 0 aliphatic heterocycles. The van der Waals surface area contributed by atoms with Crippen molar-refractivity contribution in [2.45, 2.75) is 38.6 Å². The van der Waals surface area contributed by atoms with Crippen molar-refractivity contribution >= 4 is 34.2 Å². The normalized spacial score (nSPS) is 13.7. The van der Waals surface area contributed by atoms with E-state index in [2.05, 4.69) is 16.0 Å². The van der Waals surface area contributed by atoms with Crippen LogP contribution >= 0.6 is 0 Å². The molecular formula is C34H39N5O7. The van der Waals surface area contributed by atoms with Gasteiger partial charge >= 0.3 is 5.69 Å². The number of imidazole rings is 1. The predicted molar refractivity (Wildman–Crippen MR) is 177 cm³/mol. The minimum Gasteiger partial charge on any atom is -0.493 e. The van der Waals surface area contributed by atoms with Gasteiger partial charge in [0.05, 0.1) is 44.1 Å². The first-order valence-electron chi connectivity index (χ1n) is 15.0. The molecule has 2 amide bonds. The molecule has 3 aromatic carbocycles. The summed E-state index contributed by atoms with van der Waals surface area (Å²) < 4.78 is 20.2. The Kier molecular flexibility index (Phi) is 9.36. The highest BCUT2D eigenvalue weighted by molar-refractivity contribution is 5.93. The summed E-state index contributed by atoms with van der Waals surface area (Å²) in [7, 11) is 8.06. The van der Waals surface area contributed by atoms with Gasteiger partial charge < -0.3 is 30.2 Å². The first-order chi connectivity index (χ1) is 22.1. The maximum Gasteiger partial charge on any atom is 0.328 e. The third-order valence-electron chi connectivity index (χ3n) is 8.37. The molecule has 1 aromatic heterocycles. The van der Waals surface area contributed by atoms with Crippen LogP contribution in [0.25, 0.3) is 22.2 Å². The second kappa shape index (κ2) is 13.4. The van der Waals surface area contributed by atoms with Crippen molar-refractivity contribution in [3.63, 3.8) is 0 Å². The van der Waals surface area contributed by atoms with Crippen LogP contribution in [0.3, 0.4) is 0 Å². The van der Waals surface area contributed by atoms with Crippen molar-refractivity contribution in [3.8, 4) is 28.4 Å². The van der Waals surface area contributed by atoms with E-state index >= 15 is 0 Å². The van der Waals surface area contributed by atoms with E-state index in [9.17, 15) is 19.2 Å². The SMILES string of the molecule is COc1cc2c(c(OC)c1OC)-c1ccc(NCCCC(=O)Nc3ccc4c(c3)n(C)c(=O)n4C)c(=O)cc1[C@H](NC(C)=O)CC2. The monoisotopic (exact) mass is 629 g/mol. The number of methoxy groups -OCH3 is 3. The van der Waals surface area contributed by atoms with E-state index in [0.29, 0.717) is 60.0 Å². The number of benzene rings is 2. The molecule has 5 rings (SSSR count). The zero-order valence-corrected chi connectivity index (χ0v) is 26.9. The number of anilines is 2. The Balaban J connectivity index is 1.37. The number of carbonyl (C=O) groups is 2. The Labute approximate surface area is 266 Å². The number of hydrogen-bond acceptors (Lipinski definition) is 8. The van der Waals surface area contributed by atoms with Crippen molar-refractivity contribution in [1.82, 2.24) is 14.5 Å². The first-order valence-corrected chi connectivity index (χ1v) is 15.0. The molecule has 1 aliphatic carbocycles. The lowest BCUT2D eigenvalue weighted by molar-refractivity contribution is -0.119. The van der Waals surface area contributed by atoms with Crippen molar-refractivity contribution in [2.75, 3.05) is 38.5 Å². The molecule has 4 aromatic rings. The highest BCUT2D eigenvalue weighted by Gasteiger charge is 2.29. The molecule has 1 heterocycles. The molecule has 0 radical (unpaired) electrons. The van der Waals surface area contributed by atoms with E-state index in [1.165, 1.54) is 11.5 Å². The lowest BCUT2D eigenvalue weighted by Gasteiger charge is -2.19. The van der Waals surface area contributed by atoms with E-state index in [-0.39, 0.29) is 29.4 Å². The zero-order chi connectivity index (χ0) is 33.1. The highest BCUT2D eigenvalue weighted by Crippen LogP contribution is 2.50. The van der Waals surface area contributed by atoms with E-state index in [1.807, 2.05) is 12.1 Å². The highest BCUT2D eigenvalue weighted by atomic mass is 16.5. The molecule has 0 fully saturated rings. The van der Waals surface area contributed by atoms with Crippen molar-refractivity contribution in [3.05, 3.63) is 74.3 Å². The number of carbonyl (C=O) groups excluding carboxylic acids is 2. The number of aromatic nitrogens is 2. The van der Waals surface area contributed by atoms with Crippen LogP contribution in [0.5, 0.6) is 17.2 Å². The quantitative estimate of drug-likeness (QED) is 0.225. The number of ether oxygens (including phenoxy) is 3. The maximum absolute atomic E-state index is 13.5. The summed E-state index contributed by atoms with van der Waals surface area (Å²) in [5.41, 5.74) is 5.21. The van der Waals surface area contributed by atoms with Crippen LogP contribution in [-0.4, -0.2) is 48.8 Å². The van der Waals surface area contributed by atoms with Gasteiger partial charge in [-0.2, -0.15) is 0 Å². The molecule has 0 spiro atoms. The molecule has 1 atom stereocenters. The molecule has 0 saturated carbocycles. The van der Waals surface area contributed by atoms with Gasteiger partial charge in [0.2, 0.25) is 23.0 Å². The number of hydrogen-bond donors (Lipinski definition) is 3. The van der Waals surface area contributed by atoms with Gasteiger partial charge in [0.25, 0.3) is 0 Å². The van der Waals surface area contributed by atoms with Crippen molar-refractivity contribution in [1.29, 1.82) is 0 Å². The van der Waals surface area contributed by atoms with E-state index in [0.717, 1.165) is 27.7 Å². The molecule has 0 saturated heterocycles. The van der Waals surface area contributed by atoms with E-state index in [4.69, 9.17) is 14.2 Å². The summed E-state index contributed by atoms with van der Waals surface area (Å²) in [5.74, 6) is 1.06. The zero-order valence-electron chi connectivity index (χ0n) is 26.9. The standard InChI is InChI=1S/C34H39N5O7/c1-19(40)36-24-12-9-20-16-29(44-4)32(45-5)33(46-6)31(20)22-11-13-25(28(41)18-23(22)24)35-15-7-8-30(42)37-21-10-14-26-27(17-21)39(3)34(43)38(26)2/h10-11,13-14,16-18,24H,7-9,12,15H2,1-6H3,(H,35,41)(H,36,40)(H,37,42)/t24-/m1/s1. The molecule has 0 bridgehead atoms. The smallest absolute Gasteiger partial charge is 0.328 e. The molecule has 0 unspecified atom stereocenters. The number of amides is 2. The Morgan fingerprint density at radius 2 is 1.65 bits per heavy atom. The van der Waals surface area contributed by atoms with Gasteiger partial charge in [-0.15, -0.1) is 0 Å². The van der Waals surface area contributed by atoms with Crippen LogP contribution < -0.4 is 41.3 Å². The second-order valence-corrected chi connectivity index (χ2v) is 11.3. The molecule has 1 aliphatic rings. The third-order valence-corrected chi connectivity index (χ3v) is 8.37. The number of nitrogens with zero attached hydrogens (tertiary/aromatic N) is 2. The molecule has 242 valence electrons. The summed E-state index contributed by atoms with van der Waals surface area (Å²) in [6.07, 6.45) is 1.86. The Bertz CT molecular complexity index is 1950. The van der Waals surface area contributed by atoms with Crippen LogP contribution in [-0.2, 0) is 30.1 Å².